The number of hydrogen-bond donors (Lipinski definition) is 1. The fourth-order valence-electron chi connectivity index (χ4n) is 1.47. The Bertz CT molecular complexity index is 406. The Kier molecular flexibility index (Phi) is 3.11. The van der Waals surface area contributed by atoms with E-state index in [0.29, 0.717) is 6.04 Å². The lowest BCUT2D eigenvalue weighted by atomic mass is 10.1. The van der Waals surface area contributed by atoms with Crippen LogP contribution in [0.2, 0.25) is 0 Å². The standard InChI is InChI=1S/C12H13BrN2/c1-10(14-15-8-2-3-9-15)11-4-6-12(13)7-5-11/h2-10,14H,1H3. The van der Waals surface area contributed by atoms with Gasteiger partial charge in [-0.05, 0) is 36.8 Å². The highest BCUT2D eigenvalue weighted by molar-refractivity contribution is 9.10. The minimum Gasteiger partial charge on any atom is -0.319 e. The maximum Gasteiger partial charge on any atom is 0.0645 e. The van der Waals surface area contributed by atoms with Gasteiger partial charge in [0.15, 0.2) is 0 Å². The Labute approximate surface area is 98.0 Å². The molecular weight excluding hydrogens is 252 g/mol. The molecule has 2 aromatic rings. The van der Waals surface area contributed by atoms with Crippen molar-refractivity contribution in [1.29, 1.82) is 0 Å². The fraction of sp³-hybridized carbons (Fsp3) is 0.167. The average Bonchev–Trinajstić information content (AvgIpc) is 2.71. The zero-order chi connectivity index (χ0) is 10.7. The molecule has 0 saturated heterocycles. The van der Waals surface area contributed by atoms with Gasteiger partial charge < -0.3 is 5.43 Å². The van der Waals surface area contributed by atoms with Crippen molar-refractivity contribution >= 4 is 15.9 Å². The number of halogens is 1. The van der Waals surface area contributed by atoms with Gasteiger partial charge in [-0.1, -0.05) is 28.1 Å². The van der Waals surface area contributed by atoms with Crippen LogP contribution in [0, 0.1) is 0 Å². The summed E-state index contributed by atoms with van der Waals surface area (Å²) in [5.41, 5.74) is 4.63. The van der Waals surface area contributed by atoms with Crippen LogP contribution in [0.1, 0.15) is 18.5 Å². The smallest absolute Gasteiger partial charge is 0.0645 e. The zero-order valence-corrected chi connectivity index (χ0v) is 10.1. The molecule has 0 amide bonds. The van der Waals surface area contributed by atoms with E-state index in [-0.39, 0.29) is 0 Å². The maximum absolute atomic E-state index is 3.43. The highest BCUT2D eigenvalue weighted by Crippen LogP contribution is 2.17. The van der Waals surface area contributed by atoms with Gasteiger partial charge in [0.2, 0.25) is 0 Å². The van der Waals surface area contributed by atoms with Crippen molar-refractivity contribution < 1.29 is 0 Å². The summed E-state index contributed by atoms with van der Waals surface area (Å²) >= 11 is 3.43. The van der Waals surface area contributed by atoms with Gasteiger partial charge in [-0.2, -0.15) is 0 Å². The van der Waals surface area contributed by atoms with Gasteiger partial charge in [0.25, 0.3) is 0 Å². The summed E-state index contributed by atoms with van der Waals surface area (Å²) in [5, 5.41) is 0. The summed E-state index contributed by atoms with van der Waals surface area (Å²) in [5.74, 6) is 0. The highest BCUT2D eigenvalue weighted by Gasteiger charge is 2.03. The van der Waals surface area contributed by atoms with Crippen LogP contribution in [0.4, 0.5) is 0 Å². The van der Waals surface area contributed by atoms with E-state index in [9.17, 15) is 0 Å². The highest BCUT2D eigenvalue weighted by atomic mass is 79.9. The third kappa shape index (κ3) is 2.63. The van der Waals surface area contributed by atoms with Gasteiger partial charge >= 0.3 is 0 Å². The first-order valence-corrected chi connectivity index (χ1v) is 5.70. The molecule has 15 heavy (non-hydrogen) atoms. The summed E-state index contributed by atoms with van der Waals surface area (Å²) in [4.78, 5) is 0. The molecule has 0 radical (unpaired) electrons. The van der Waals surface area contributed by atoms with E-state index >= 15 is 0 Å². The van der Waals surface area contributed by atoms with Crippen LogP contribution in [-0.4, -0.2) is 4.68 Å². The molecule has 1 heterocycles. The molecule has 0 spiro atoms. The lowest BCUT2D eigenvalue weighted by Crippen LogP contribution is -2.16. The van der Waals surface area contributed by atoms with Crippen LogP contribution in [0.25, 0.3) is 0 Å². The van der Waals surface area contributed by atoms with Crippen LogP contribution in [-0.2, 0) is 0 Å². The van der Waals surface area contributed by atoms with Crippen LogP contribution in [0.3, 0.4) is 0 Å². The first kappa shape index (κ1) is 10.3. The molecular formula is C12H13BrN2. The Balaban J connectivity index is 2.08. The molecule has 2 rings (SSSR count). The van der Waals surface area contributed by atoms with E-state index in [1.54, 1.807) is 0 Å². The summed E-state index contributed by atoms with van der Waals surface area (Å²) in [6.45, 7) is 2.14. The molecule has 0 aliphatic carbocycles. The molecule has 0 aliphatic heterocycles. The maximum atomic E-state index is 3.43. The first-order chi connectivity index (χ1) is 7.25. The van der Waals surface area contributed by atoms with Crippen LogP contribution in [0.15, 0.2) is 53.3 Å². The molecule has 0 fully saturated rings. The lowest BCUT2D eigenvalue weighted by Gasteiger charge is -2.16. The SMILES string of the molecule is CC(Nn1cccc1)c1ccc(Br)cc1. The molecule has 3 heteroatoms. The minimum atomic E-state index is 0.297. The van der Waals surface area contributed by atoms with Crippen LogP contribution < -0.4 is 5.43 Å². The van der Waals surface area contributed by atoms with E-state index < -0.39 is 0 Å². The Morgan fingerprint density at radius 2 is 1.73 bits per heavy atom. The van der Waals surface area contributed by atoms with E-state index in [1.807, 2.05) is 29.2 Å². The number of aromatic nitrogens is 1. The van der Waals surface area contributed by atoms with Crippen molar-refractivity contribution in [2.45, 2.75) is 13.0 Å². The summed E-state index contributed by atoms with van der Waals surface area (Å²) < 4.78 is 3.08. The summed E-state index contributed by atoms with van der Waals surface area (Å²) in [6, 6.07) is 12.6. The molecule has 2 nitrogen and oxygen atoms in total. The van der Waals surface area contributed by atoms with E-state index in [0.717, 1.165) is 4.47 Å². The number of hydrogen-bond acceptors (Lipinski definition) is 1. The van der Waals surface area contributed by atoms with Gasteiger partial charge in [0, 0.05) is 16.9 Å². The van der Waals surface area contributed by atoms with Gasteiger partial charge in [-0.15, -0.1) is 0 Å². The largest absolute Gasteiger partial charge is 0.319 e. The molecule has 0 bridgehead atoms. The molecule has 0 aliphatic rings. The predicted molar refractivity (Wildman–Crippen MR) is 66.3 cm³/mol. The topological polar surface area (TPSA) is 17.0 Å². The van der Waals surface area contributed by atoms with Gasteiger partial charge in [0.05, 0.1) is 6.04 Å². The van der Waals surface area contributed by atoms with E-state index in [4.69, 9.17) is 0 Å². The molecule has 1 aromatic carbocycles. The number of benzene rings is 1. The van der Waals surface area contributed by atoms with Crippen LogP contribution in [0.5, 0.6) is 0 Å². The zero-order valence-electron chi connectivity index (χ0n) is 8.52. The van der Waals surface area contributed by atoms with Gasteiger partial charge in [-0.25, -0.2) is 0 Å². The second kappa shape index (κ2) is 4.53. The van der Waals surface area contributed by atoms with Crippen molar-refractivity contribution in [1.82, 2.24) is 4.68 Å². The second-order valence-electron chi connectivity index (χ2n) is 3.49. The fourth-order valence-corrected chi connectivity index (χ4v) is 1.73. The van der Waals surface area contributed by atoms with Crippen molar-refractivity contribution in [3.05, 3.63) is 58.8 Å². The quantitative estimate of drug-likeness (QED) is 0.897. The van der Waals surface area contributed by atoms with Crippen molar-refractivity contribution in [2.24, 2.45) is 0 Å². The minimum absolute atomic E-state index is 0.297. The van der Waals surface area contributed by atoms with Gasteiger partial charge in [-0.3, -0.25) is 4.68 Å². The number of nitrogens with one attached hydrogen (secondary N) is 1. The van der Waals surface area contributed by atoms with E-state index in [2.05, 4.69) is 52.5 Å². The third-order valence-electron chi connectivity index (χ3n) is 2.32. The second-order valence-corrected chi connectivity index (χ2v) is 4.41. The van der Waals surface area contributed by atoms with Gasteiger partial charge in [0.1, 0.15) is 0 Å². The molecule has 1 aromatic heterocycles. The summed E-state index contributed by atoms with van der Waals surface area (Å²) in [6.07, 6.45) is 3.99. The lowest BCUT2D eigenvalue weighted by molar-refractivity contribution is 0.728. The number of nitrogens with zero attached hydrogens (tertiary/aromatic N) is 1. The average molecular weight is 265 g/mol. The van der Waals surface area contributed by atoms with E-state index in [1.165, 1.54) is 5.56 Å². The number of rotatable bonds is 3. The Morgan fingerprint density at radius 3 is 2.33 bits per heavy atom. The van der Waals surface area contributed by atoms with Crippen molar-refractivity contribution in [3.63, 3.8) is 0 Å². The molecule has 1 unspecified atom stereocenters. The predicted octanol–water partition coefficient (Wildman–Crippen LogP) is 3.56. The molecule has 78 valence electrons. The molecule has 0 saturated carbocycles. The van der Waals surface area contributed by atoms with Crippen molar-refractivity contribution in [2.75, 3.05) is 5.43 Å². The van der Waals surface area contributed by atoms with Crippen molar-refractivity contribution in [3.8, 4) is 0 Å². The third-order valence-corrected chi connectivity index (χ3v) is 2.85. The monoisotopic (exact) mass is 264 g/mol. The Morgan fingerprint density at radius 1 is 1.13 bits per heavy atom. The Hall–Kier alpha value is -1.22. The normalized spacial score (nSPS) is 12.4. The summed E-state index contributed by atoms with van der Waals surface area (Å²) in [7, 11) is 0. The molecule has 1 N–H and O–H groups in total. The van der Waals surface area contributed by atoms with Crippen LogP contribution >= 0.6 is 15.9 Å². The first-order valence-electron chi connectivity index (χ1n) is 4.91. The molecule has 1 atom stereocenters.